The smallest absolute Gasteiger partial charge is 0.275 e. The number of piperidine rings is 1. The first-order valence-corrected chi connectivity index (χ1v) is 11.1. The maximum atomic E-state index is 14.5. The molecule has 7 nitrogen and oxygen atoms in total. The van der Waals surface area contributed by atoms with Gasteiger partial charge in [-0.2, -0.15) is 5.10 Å². The highest BCUT2D eigenvalue weighted by atomic mass is 35.5. The van der Waals surface area contributed by atoms with E-state index in [-0.39, 0.29) is 18.7 Å². The van der Waals surface area contributed by atoms with Crippen LogP contribution in [0.15, 0.2) is 42.9 Å². The van der Waals surface area contributed by atoms with Crippen molar-refractivity contribution in [3.05, 3.63) is 58.6 Å². The normalized spacial score (nSPS) is 20.0. The van der Waals surface area contributed by atoms with E-state index in [1.54, 1.807) is 44.4 Å². The number of alkyl halides is 2. The number of aryl methyl sites for hydroxylation is 1. The van der Waals surface area contributed by atoms with E-state index in [1.165, 1.54) is 22.0 Å². The van der Waals surface area contributed by atoms with Gasteiger partial charge in [0.2, 0.25) is 5.95 Å². The predicted octanol–water partition coefficient (Wildman–Crippen LogP) is 4.78. The molecule has 174 valence electrons. The van der Waals surface area contributed by atoms with Gasteiger partial charge in [0.25, 0.3) is 11.8 Å². The predicted molar refractivity (Wildman–Crippen MR) is 123 cm³/mol. The van der Waals surface area contributed by atoms with Crippen molar-refractivity contribution in [2.45, 2.75) is 25.3 Å². The van der Waals surface area contributed by atoms with E-state index in [0.717, 1.165) is 0 Å². The third-order valence-electron chi connectivity index (χ3n) is 5.60. The van der Waals surface area contributed by atoms with Crippen LogP contribution >= 0.6 is 23.2 Å². The van der Waals surface area contributed by atoms with E-state index in [4.69, 9.17) is 23.2 Å². The van der Waals surface area contributed by atoms with Gasteiger partial charge >= 0.3 is 0 Å². The van der Waals surface area contributed by atoms with Gasteiger partial charge in [-0.3, -0.25) is 9.48 Å². The number of benzene rings is 1. The van der Waals surface area contributed by atoms with Gasteiger partial charge in [-0.15, -0.1) is 0 Å². The first-order chi connectivity index (χ1) is 15.6. The van der Waals surface area contributed by atoms with Gasteiger partial charge in [0, 0.05) is 36.8 Å². The lowest BCUT2D eigenvalue weighted by Gasteiger charge is -2.43. The van der Waals surface area contributed by atoms with Gasteiger partial charge in [-0.1, -0.05) is 42.3 Å². The van der Waals surface area contributed by atoms with Crippen LogP contribution in [0.2, 0.25) is 10.0 Å². The van der Waals surface area contributed by atoms with Crippen LogP contribution in [0.5, 0.6) is 0 Å². The zero-order chi connectivity index (χ0) is 23.8. The molecule has 2 aromatic heterocycles. The van der Waals surface area contributed by atoms with Gasteiger partial charge in [0.15, 0.2) is 5.69 Å². The third-order valence-corrected chi connectivity index (χ3v) is 6.03. The van der Waals surface area contributed by atoms with Crippen molar-refractivity contribution in [3.63, 3.8) is 0 Å². The molecule has 0 radical (unpaired) electrons. The van der Waals surface area contributed by atoms with E-state index < -0.39 is 30.3 Å². The van der Waals surface area contributed by atoms with E-state index in [2.05, 4.69) is 20.4 Å². The Hall–Kier alpha value is -2.78. The highest BCUT2D eigenvalue weighted by molar-refractivity contribution is 6.31. The van der Waals surface area contributed by atoms with Crippen molar-refractivity contribution in [2.24, 2.45) is 13.0 Å². The molecule has 0 spiro atoms. The molecule has 4 rings (SSSR count). The average molecular weight is 495 g/mol. The number of rotatable bonds is 5. The average Bonchev–Trinajstić information content (AvgIpc) is 3.14. The van der Waals surface area contributed by atoms with Crippen LogP contribution in [0.4, 0.5) is 14.7 Å². The summed E-state index contributed by atoms with van der Waals surface area (Å²) < 4.78 is 30.6. The molecule has 33 heavy (non-hydrogen) atoms. The minimum atomic E-state index is -3.01. The molecule has 2 unspecified atom stereocenters. The van der Waals surface area contributed by atoms with Gasteiger partial charge in [0.05, 0.1) is 30.0 Å². The van der Waals surface area contributed by atoms with E-state index in [0.29, 0.717) is 27.1 Å². The minimum absolute atomic E-state index is 0.0948. The molecule has 11 heteroatoms. The van der Waals surface area contributed by atoms with Crippen LogP contribution < -0.4 is 5.32 Å². The van der Waals surface area contributed by atoms with Crippen LogP contribution in [0.1, 0.15) is 23.8 Å². The number of hydrogen-bond acceptors (Lipinski definition) is 5. The van der Waals surface area contributed by atoms with Gasteiger partial charge in [0.1, 0.15) is 0 Å². The molecule has 1 aliphatic heterocycles. The van der Waals surface area contributed by atoms with Crippen molar-refractivity contribution in [1.29, 1.82) is 0 Å². The van der Waals surface area contributed by atoms with Crippen molar-refractivity contribution >= 4 is 35.1 Å². The van der Waals surface area contributed by atoms with Crippen LogP contribution in [0.3, 0.4) is 0 Å². The fourth-order valence-corrected chi connectivity index (χ4v) is 4.42. The zero-order valence-corrected chi connectivity index (χ0v) is 19.5. The number of anilines is 1. The number of nitrogens with one attached hydrogen (secondary N) is 1. The summed E-state index contributed by atoms with van der Waals surface area (Å²) in [6.07, 6.45) is 4.22. The van der Waals surface area contributed by atoms with Crippen LogP contribution in [-0.2, 0) is 7.05 Å². The molecule has 1 aromatic carbocycles. The van der Waals surface area contributed by atoms with E-state index in [9.17, 15) is 13.6 Å². The maximum absolute atomic E-state index is 14.5. The molecule has 1 fully saturated rings. The minimum Gasteiger partial charge on any atom is -0.352 e. The third kappa shape index (κ3) is 5.25. The molecular formula is C22H22Cl2F2N6O. The lowest BCUT2D eigenvalue weighted by molar-refractivity contribution is -0.0898. The van der Waals surface area contributed by atoms with Crippen molar-refractivity contribution in [2.75, 3.05) is 18.4 Å². The highest BCUT2D eigenvalue weighted by Gasteiger charge is 2.46. The van der Waals surface area contributed by atoms with Gasteiger partial charge in [-0.25, -0.2) is 18.7 Å². The molecule has 1 amide bonds. The molecule has 3 aromatic rings. The molecule has 3 heterocycles. The summed E-state index contributed by atoms with van der Waals surface area (Å²) in [7, 11) is 1.68. The second kappa shape index (κ2) is 9.23. The van der Waals surface area contributed by atoms with E-state index in [1.807, 2.05) is 0 Å². The number of likely N-dealkylation sites (tertiary alicyclic amines) is 1. The number of nitrogens with zero attached hydrogens (tertiary/aromatic N) is 5. The number of hydrogen-bond donors (Lipinski definition) is 1. The Kier molecular flexibility index (Phi) is 6.54. The lowest BCUT2D eigenvalue weighted by atomic mass is 9.88. The molecule has 2 atom stereocenters. The molecular weight excluding hydrogens is 473 g/mol. The summed E-state index contributed by atoms with van der Waals surface area (Å²) in [4.78, 5) is 23.0. The van der Waals surface area contributed by atoms with Crippen molar-refractivity contribution in [3.8, 4) is 11.1 Å². The van der Waals surface area contributed by atoms with Crippen LogP contribution in [0, 0.1) is 5.92 Å². The summed E-state index contributed by atoms with van der Waals surface area (Å²) in [5.41, 5.74) is 1.30. The summed E-state index contributed by atoms with van der Waals surface area (Å²) in [6, 6.07) is 6.46. The summed E-state index contributed by atoms with van der Waals surface area (Å²) in [6.45, 7) is 1.21. The SMILES string of the molecule is CC1CC(F)(F)CN(C(=O)c2nn(C)cc2-c2cccc(Cl)c2)C1CNc1ncc(Cl)cn1. The quantitative estimate of drug-likeness (QED) is 0.552. The number of carbonyl (C=O) groups excluding carboxylic acids is 1. The van der Waals surface area contributed by atoms with Gasteiger partial charge < -0.3 is 10.2 Å². The number of halogens is 4. The fourth-order valence-electron chi connectivity index (χ4n) is 4.13. The summed E-state index contributed by atoms with van der Waals surface area (Å²) in [5.74, 6) is -3.75. The standard InChI is InChI=1S/C22H22Cl2F2N6O/c1-13-7-22(25,26)12-32(18(13)10-29-21-27-8-16(24)9-28-21)20(33)19-17(11-31(2)30-19)14-4-3-5-15(23)6-14/h3-6,8-9,11,13,18H,7,10,12H2,1-2H3,(H,27,28,29). The Bertz CT molecular complexity index is 1150. The molecule has 1 N–H and O–H groups in total. The molecule has 0 saturated carbocycles. The van der Waals surface area contributed by atoms with Crippen LogP contribution in [0.25, 0.3) is 11.1 Å². The highest BCUT2D eigenvalue weighted by Crippen LogP contribution is 2.36. The molecule has 1 aliphatic rings. The van der Waals surface area contributed by atoms with Crippen molar-refractivity contribution in [1.82, 2.24) is 24.6 Å². The second-order valence-electron chi connectivity index (χ2n) is 8.22. The van der Waals surface area contributed by atoms with E-state index >= 15 is 0 Å². The van der Waals surface area contributed by atoms with Gasteiger partial charge in [-0.05, 0) is 23.6 Å². The molecule has 0 aliphatic carbocycles. The maximum Gasteiger partial charge on any atom is 0.275 e. The Labute approximate surface area is 199 Å². The number of amides is 1. The topological polar surface area (TPSA) is 75.9 Å². The number of carbonyl (C=O) groups is 1. The first kappa shape index (κ1) is 23.4. The first-order valence-electron chi connectivity index (χ1n) is 10.3. The Morgan fingerprint density at radius 3 is 2.67 bits per heavy atom. The summed E-state index contributed by atoms with van der Waals surface area (Å²) in [5, 5.41) is 8.22. The zero-order valence-electron chi connectivity index (χ0n) is 18.0. The number of aromatic nitrogens is 4. The fraction of sp³-hybridized carbons (Fsp3) is 0.364. The Morgan fingerprint density at radius 1 is 1.24 bits per heavy atom. The van der Waals surface area contributed by atoms with Crippen LogP contribution in [-0.4, -0.2) is 55.6 Å². The molecule has 1 saturated heterocycles. The molecule has 0 bridgehead atoms. The Morgan fingerprint density at radius 2 is 1.97 bits per heavy atom. The monoisotopic (exact) mass is 494 g/mol. The lowest BCUT2D eigenvalue weighted by Crippen LogP contribution is -2.57. The van der Waals surface area contributed by atoms with Crippen molar-refractivity contribution < 1.29 is 13.6 Å². The Balaban J connectivity index is 1.65. The summed E-state index contributed by atoms with van der Waals surface area (Å²) >= 11 is 11.9. The second-order valence-corrected chi connectivity index (χ2v) is 9.09. The largest absolute Gasteiger partial charge is 0.352 e.